The Kier molecular flexibility index (Phi) is 4.69. The van der Waals surface area contributed by atoms with Crippen LogP contribution in [0.25, 0.3) is 0 Å². The van der Waals surface area contributed by atoms with Crippen molar-refractivity contribution in [2.24, 2.45) is 5.10 Å². The van der Waals surface area contributed by atoms with Gasteiger partial charge in [-0.05, 0) is 11.6 Å². The van der Waals surface area contributed by atoms with Gasteiger partial charge in [0.1, 0.15) is 0 Å². The normalized spacial score (nSPS) is 18.3. The van der Waals surface area contributed by atoms with Crippen LogP contribution in [0.5, 0.6) is 0 Å². The van der Waals surface area contributed by atoms with Gasteiger partial charge in [0, 0.05) is 25.0 Å². The molecule has 1 aromatic heterocycles. The predicted molar refractivity (Wildman–Crippen MR) is 59.2 cm³/mol. The lowest BCUT2D eigenvalue weighted by Gasteiger charge is -2.07. The molecule has 0 spiro atoms. The number of nitrogens with one attached hydrogen (secondary N) is 1. The highest BCUT2D eigenvalue weighted by Gasteiger charge is 2.11. The van der Waals surface area contributed by atoms with E-state index in [1.54, 1.807) is 6.20 Å². The molecule has 0 saturated heterocycles. The molecule has 1 aliphatic rings. The minimum Gasteiger partial charge on any atom is -0.302 e. The summed E-state index contributed by atoms with van der Waals surface area (Å²) in [6, 6.07) is 4.33. The molecule has 0 saturated carbocycles. The number of nitrogens with zero attached hydrogens (tertiary/aromatic N) is 2. The van der Waals surface area contributed by atoms with E-state index in [2.05, 4.69) is 35.4 Å². The van der Waals surface area contributed by atoms with E-state index in [4.69, 9.17) is 0 Å². The first-order valence-corrected chi connectivity index (χ1v) is 5.05. The van der Waals surface area contributed by atoms with Crippen LogP contribution < -0.4 is 5.43 Å². The lowest BCUT2D eigenvalue weighted by atomic mass is 10.1. The maximum absolute atomic E-state index is 4.03. The maximum atomic E-state index is 4.03. The van der Waals surface area contributed by atoms with Crippen molar-refractivity contribution in [2.45, 2.75) is 32.7 Å². The monoisotopic (exact) mass is 191 g/mol. The fraction of sp³-hybridized carbons (Fsp3) is 0.455. The first-order valence-electron chi connectivity index (χ1n) is 5.05. The van der Waals surface area contributed by atoms with E-state index in [1.165, 1.54) is 12.0 Å². The summed E-state index contributed by atoms with van der Waals surface area (Å²) in [6.07, 6.45) is 7.75. The van der Waals surface area contributed by atoms with E-state index in [0.717, 1.165) is 6.42 Å². The van der Waals surface area contributed by atoms with E-state index < -0.39 is 0 Å². The average Bonchev–Trinajstić information content (AvgIpc) is 2.73. The summed E-state index contributed by atoms with van der Waals surface area (Å²) in [6.45, 7) is 4.25. The number of hydrogen-bond donors (Lipinski definition) is 1. The van der Waals surface area contributed by atoms with E-state index in [9.17, 15) is 0 Å². The standard InChI is InChI=1S/C8H9N3.C3H8/c1-2-7(6-9-4-1)8-3-5-10-11-8;1-3-2/h1-2,4-6,8,11H,3H2;3H2,1-2H3. The van der Waals surface area contributed by atoms with E-state index in [1.807, 2.05) is 18.5 Å². The first-order chi connectivity index (χ1) is 6.88. The van der Waals surface area contributed by atoms with Gasteiger partial charge in [0.15, 0.2) is 0 Å². The lowest BCUT2D eigenvalue weighted by molar-refractivity contribution is 0.618. The molecule has 2 rings (SSSR count). The van der Waals surface area contributed by atoms with E-state index in [0.29, 0.717) is 6.04 Å². The zero-order valence-corrected chi connectivity index (χ0v) is 8.77. The van der Waals surface area contributed by atoms with Crippen molar-refractivity contribution >= 4 is 6.21 Å². The highest BCUT2D eigenvalue weighted by Crippen LogP contribution is 2.16. The zero-order valence-electron chi connectivity index (χ0n) is 8.77. The van der Waals surface area contributed by atoms with Crippen LogP contribution in [0, 0.1) is 0 Å². The second kappa shape index (κ2) is 6.13. The molecule has 1 atom stereocenters. The molecule has 1 aromatic rings. The molecule has 76 valence electrons. The second-order valence-corrected chi connectivity index (χ2v) is 3.22. The molecular weight excluding hydrogens is 174 g/mol. The van der Waals surface area contributed by atoms with Crippen molar-refractivity contribution in [2.75, 3.05) is 0 Å². The molecule has 0 aromatic carbocycles. The summed E-state index contributed by atoms with van der Waals surface area (Å²) in [7, 11) is 0. The molecule has 0 aliphatic carbocycles. The summed E-state index contributed by atoms with van der Waals surface area (Å²) in [5.74, 6) is 0. The van der Waals surface area contributed by atoms with Crippen molar-refractivity contribution in [3.05, 3.63) is 30.1 Å². The van der Waals surface area contributed by atoms with E-state index >= 15 is 0 Å². The highest BCUT2D eigenvalue weighted by atomic mass is 15.3. The Morgan fingerprint density at radius 2 is 2.29 bits per heavy atom. The number of rotatable bonds is 1. The van der Waals surface area contributed by atoms with E-state index in [-0.39, 0.29) is 0 Å². The van der Waals surface area contributed by atoms with Gasteiger partial charge in [0.25, 0.3) is 0 Å². The van der Waals surface area contributed by atoms with Crippen LogP contribution >= 0.6 is 0 Å². The Labute approximate surface area is 85.3 Å². The Bertz CT molecular complexity index is 261. The number of aromatic nitrogens is 1. The average molecular weight is 191 g/mol. The lowest BCUT2D eigenvalue weighted by Crippen LogP contribution is -2.09. The van der Waals surface area contributed by atoms with Gasteiger partial charge in [0.05, 0.1) is 6.04 Å². The fourth-order valence-corrected chi connectivity index (χ4v) is 1.15. The molecule has 1 N–H and O–H groups in total. The van der Waals surface area contributed by atoms with Gasteiger partial charge in [-0.3, -0.25) is 4.98 Å². The van der Waals surface area contributed by atoms with Crippen LogP contribution in [0.2, 0.25) is 0 Å². The van der Waals surface area contributed by atoms with Crippen molar-refractivity contribution < 1.29 is 0 Å². The van der Waals surface area contributed by atoms with Gasteiger partial charge < -0.3 is 5.43 Å². The van der Waals surface area contributed by atoms with Crippen molar-refractivity contribution in [3.63, 3.8) is 0 Å². The van der Waals surface area contributed by atoms with Crippen LogP contribution in [0.1, 0.15) is 38.3 Å². The third-order valence-corrected chi connectivity index (χ3v) is 1.75. The number of hydrogen-bond acceptors (Lipinski definition) is 3. The molecule has 0 radical (unpaired) electrons. The SMILES string of the molecule is C1=NNC(c2cccnc2)C1.CCC. The predicted octanol–water partition coefficient (Wildman–Crippen LogP) is 2.52. The summed E-state index contributed by atoms with van der Waals surface area (Å²) in [4.78, 5) is 4.03. The van der Waals surface area contributed by atoms with Crippen LogP contribution in [-0.2, 0) is 0 Å². The Hall–Kier alpha value is -1.38. The van der Waals surface area contributed by atoms with Gasteiger partial charge in [0.2, 0.25) is 0 Å². The third-order valence-electron chi connectivity index (χ3n) is 1.75. The van der Waals surface area contributed by atoms with Crippen LogP contribution in [0.15, 0.2) is 29.6 Å². The molecular formula is C11H17N3. The van der Waals surface area contributed by atoms with Gasteiger partial charge >= 0.3 is 0 Å². The second-order valence-electron chi connectivity index (χ2n) is 3.22. The minimum atomic E-state index is 0.337. The van der Waals surface area contributed by atoms with Crippen LogP contribution in [-0.4, -0.2) is 11.2 Å². The van der Waals surface area contributed by atoms with Crippen molar-refractivity contribution in [3.8, 4) is 0 Å². The Morgan fingerprint density at radius 1 is 1.50 bits per heavy atom. The molecule has 3 heteroatoms. The molecule has 0 bridgehead atoms. The molecule has 2 heterocycles. The molecule has 1 aliphatic heterocycles. The van der Waals surface area contributed by atoms with Crippen LogP contribution in [0.4, 0.5) is 0 Å². The summed E-state index contributed by atoms with van der Waals surface area (Å²) >= 11 is 0. The number of hydrazone groups is 1. The smallest absolute Gasteiger partial charge is 0.0754 e. The Morgan fingerprint density at radius 3 is 2.79 bits per heavy atom. The first kappa shape index (κ1) is 10.7. The molecule has 1 unspecified atom stereocenters. The molecule has 3 nitrogen and oxygen atoms in total. The van der Waals surface area contributed by atoms with Gasteiger partial charge in [-0.2, -0.15) is 5.10 Å². The zero-order chi connectivity index (χ0) is 10.2. The summed E-state index contributed by atoms with van der Waals surface area (Å²) in [5.41, 5.74) is 4.20. The van der Waals surface area contributed by atoms with Gasteiger partial charge in [-0.15, -0.1) is 0 Å². The highest BCUT2D eigenvalue weighted by molar-refractivity contribution is 5.60. The molecule has 0 amide bonds. The molecule has 14 heavy (non-hydrogen) atoms. The molecule has 0 fully saturated rings. The summed E-state index contributed by atoms with van der Waals surface area (Å²) < 4.78 is 0. The third kappa shape index (κ3) is 3.17. The van der Waals surface area contributed by atoms with Crippen LogP contribution in [0.3, 0.4) is 0 Å². The maximum Gasteiger partial charge on any atom is 0.0754 e. The quantitative estimate of drug-likeness (QED) is 0.740. The topological polar surface area (TPSA) is 37.3 Å². The Balaban J connectivity index is 0.000000293. The fourth-order valence-electron chi connectivity index (χ4n) is 1.15. The minimum absolute atomic E-state index is 0.337. The van der Waals surface area contributed by atoms with Crippen molar-refractivity contribution in [1.82, 2.24) is 10.4 Å². The largest absolute Gasteiger partial charge is 0.302 e. The number of pyridine rings is 1. The van der Waals surface area contributed by atoms with Crippen molar-refractivity contribution in [1.29, 1.82) is 0 Å². The van der Waals surface area contributed by atoms with Gasteiger partial charge in [-0.25, -0.2) is 0 Å². The van der Waals surface area contributed by atoms with Gasteiger partial charge in [-0.1, -0.05) is 26.3 Å². The summed E-state index contributed by atoms with van der Waals surface area (Å²) in [5, 5.41) is 3.94.